The van der Waals surface area contributed by atoms with E-state index in [1.807, 2.05) is 0 Å². The number of methoxy groups -OCH3 is 1. The second-order valence-corrected chi connectivity index (χ2v) is 3.45. The van der Waals surface area contributed by atoms with Crippen molar-refractivity contribution in [2.45, 2.75) is 13.0 Å². The van der Waals surface area contributed by atoms with Crippen LogP contribution >= 0.6 is 24.8 Å². The Bertz CT molecular complexity index is 259. The summed E-state index contributed by atoms with van der Waals surface area (Å²) in [6.45, 7) is 1.80. The van der Waals surface area contributed by atoms with E-state index < -0.39 is 18.0 Å². The zero-order valence-electron chi connectivity index (χ0n) is 8.27. The topological polar surface area (TPSA) is 76.7 Å². The van der Waals surface area contributed by atoms with Crippen molar-refractivity contribution in [3.8, 4) is 0 Å². The number of hydrazine groups is 1. The second kappa shape index (κ2) is 7.43. The van der Waals surface area contributed by atoms with Crippen molar-refractivity contribution in [3.05, 3.63) is 0 Å². The number of amides is 1. The summed E-state index contributed by atoms with van der Waals surface area (Å²) in [5.74, 6) is -1.46. The molecule has 0 radical (unpaired) electrons. The van der Waals surface area contributed by atoms with Crippen molar-refractivity contribution in [2.24, 2.45) is 0 Å². The lowest BCUT2D eigenvalue weighted by Crippen LogP contribution is -2.48. The highest BCUT2D eigenvalue weighted by atomic mass is 32.1. The standard InChI is InChI=1S/C7H12N2O4S2/c1-3-13-6(11)4(12-2)5(10)8-9-7(14)15/h4H,3H2,1-2H3,(H,8,10)(H2,9,14,15). The van der Waals surface area contributed by atoms with Crippen LogP contribution in [0.5, 0.6) is 0 Å². The van der Waals surface area contributed by atoms with E-state index in [0.29, 0.717) is 0 Å². The van der Waals surface area contributed by atoms with Crippen LogP contribution in [0.1, 0.15) is 6.92 Å². The van der Waals surface area contributed by atoms with Crippen LogP contribution in [0, 0.1) is 0 Å². The van der Waals surface area contributed by atoms with Gasteiger partial charge in [0, 0.05) is 7.11 Å². The fourth-order valence-electron chi connectivity index (χ4n) is 0.709. The molecule has 0 heterocycles. The van der Waals surface area contributed by atoms with Crippen molar-refractivity contribution in [2.75, 3.05) is 13.7 Å². The molecule has 6 nitrogen and oxygen atoms in total. The monoisotopic (exact) mass is 252 g/mol. The molecule has 0 saturated carbocycles. The number of carbonyl (C=O) groups is 2. The summed E-state index contributed by atoms with van der Waals surface area (Å²) in [5.41, 5.74) is 4.41. The lowest BCUT2D eigenvalue weighted by atomic mass is 10.3. The molecule has 8 heteroatoms. The van der Waals surface area contributed by atoms with Gasteiger partial charge in [-0.3, -0.25) is 15.6 Å². The fourth-order valence-corrected chi connectivity index (χ4v) is 0.816. The van der Waals surface area contributed by atoms with Crippen molar-refractivity contribution >= 4 is 41.0 Å². The van der Waals surface area contributed by atoms with Crippen LogP contribution in [0.3, 0.4) is 0 Å². The summed E-state index contributed by atoms with van der Waals surface area (Å²) in [4.78, 5) is 22.5. The van der Waals surface area contributed by atoms with Crippen LogP contribution in [-0.4, -0.2) is 36.0 Å². The first kappa shape index (κ1) is 14.1. The molecule has 0 aromatic heterocycles. The van der Waals surface area contributed by atoms with E-state index in [0.717, 1.165) is 0 Å². The number of nitrogens with one attached hydrogen (secondary N) is 2. The van der Waals surface area contributed by atoms with E-state index in [2.05, 4.69) is 45.2 Å². The number of hydrogen-bond acceptors (Lipinski definition) is 5. The first-order valence-electron chi connectivity index (χ1n) is 4.01. The third-order valence-electron chi connectivity index (χ3n) is 1.27. The van der Waals surface area contributed by atoms with Crippen molar-refractivity contribution in [1.82, 2.24) is 10.9 Å². The van der Waals surface area contributed by atoms with Gasteiger partial charge < -0.3 is 9.47 Å². The van der Waals surface area contributed by atoms with Crippen LogP contribution in [0.2, 0.25) is 0 Å². The van der Waals surface area contributed by atoms with Gasteiger partial charge in [0.1, 0.15) is 4.32 Å². The van der Waals surface area contributed by atoms with Gasteiger partial charge in [-0.2, -0.15) is 0 Å². The molecule has 0 spiro atoms. The Morgan fingerprint density at radius 2 is 2.07 bits per heavy atom. The minimum absolute atomic E-state index is 0.0714. The normalized spacial score (nSPS) is 11.4. The first-order chi connectivity index (χ1) is 7.02. The number of thiol groups is 1. The van der Waals surface area contributed by atoms with E-state index in [1.54, 1.807) is 6.92 Å². The molecule has 0 bridgehead atoms. The zero-order valence-corrected chi connectivity index (χ0v) is 9.98. The molecule has 0 aliphatic heterocycles. The largest absolute Gasteiger partial charge is 0.464 e. The molecule has 0 rings (SSSR count). The number of esters is 1. The summed E-state index contributed by atoms with van der Waals surface area (Å²) in [6.07, 6.45) is -1.32. The average Bonchev–Trinajstić information content (AvgIpc) is 2.16. The summed E-state index contributed by atoms with van der Waals surface area (Å²) < 4.78 is 9.35. The molecule has 0 aliphatic rings. The Morgan fingerprint density at radius 1 is 1.47 bits per heavy atom. The highest BCUT2D eigenvalue weighted by molar-refractivity contribution is 8.11. The highest BCUT2D eigenvalue weighted by Crippen LogP contribution is 1.94. The maximum atomic E-state index is 11.3. The van der Waals surface area contributed by atoms with Gasteiger partial charge >= 0.3 is 5.97 Å². The molecular formula is C7H12N2O4S2. The average molecular weight is 252 g/mol. The van der Waals surface area contributed by atoms with Gasteiger partial charge in [-0.15, -0.1) is 12.6 Å². The molecule has 1 amide bonds. The van der Waals surface area contributed by atoms with Crippen molar-refractivity contribution in [1.29, 1.82) is 0 Å². The molecule has 0 aliphatic carbocycles. The van der Waals surface area contributed by atoms with Crippen LogP contribution in [0.4, 0.5) is 0 Å². The third-order valence-corrected chi connectivity index (χ3v) is 1.48. The molecule has 86 valence electrons. The number of carbonyl (C=O) groups excluding carboxylic acids is 2. The lowest BCUT2D eigenvalue weighted by molar-refractivity contribution is -0.160. The maximum absolute atomic E-state index is 11.3. The molecule has 15 heavy (non-hydrogen) atoms. The molecule has 2 N–H and O–H groups in total. The minimum Gasteiger partial charge on any atom is -0.464 e. The van der Waals surface area contributed by atoms with E-state index in [1.165, 1.54) is 7.11 Å². The molecular weight excluding hydrogens is 240 g/mol. The molecule has 1 unspecified atom stereocenters. The predicted octanol–water partition coefficient (Wildman–Crippen LogP) is -0.600. The first-order valence-corrected chi connectivity index (χ1v) is 4.86. The van der Waals surface area contributed by atoms with Crippen LogP contribution < -0.4 is 10.9 Å². The highest BCUT2D eigenvalue weighted by Gasteiger charge is 2.27. The fraction of sp³-hybridized carbons (Fsp3) is 0.571. The maximum Gasteiger partial charge on any atom is 0.345 e. The van der Waals surface area contributed by atoms with Crippen LogP contribution in [0.15, 0.2) is 0 Å². The number of ether oxygens (including phenoxy) is 2. The van der Waals surface area contributed by atoms with Crippen molar-refractivity contribution in [3.63, 3.8) is 0 Å². The number of thiocarbonyl (C=S) groups is 1. The van der Waals surface area contributed by atoms with Gasteiger partial charge in [0.15, 0.2) is 0 Å². The number of hydrogen-bond donors (Lipinski definition) is 3. The summed E-state index contributed by atoms with van der Waals surface area (Å²) in [5, 5.41) is 0. The smallest absolute Gasteiger partial charge is 0.345 e. The summed E-state index contributed by atoms with van der Waals surface area (Å²) in [7, 11) is 1.22. The number of rotatable bonds is 4. The van der Waals surface area contributed by atoms with E-state index >= 15 is 0 Å². The quantitative estimate of drug-likeness (QED) is 0.204. The van der Waals surface area contributed by atoms with Gasteiger partial charge in [-0.25, -0.2) is 4.79 Å². The summed E-state index contributed by atoms with van der Waals surface area (Å²) in [6, 6.07) is 0. The molecule has 0 fully saturated rings. The third kappa shape index (κ3) is 5.55. The van der Waals surface area contributed by atoms with Gasteiger partial charge in [-0.05, 0) is 6.92 Å². The Hall–Kier alpha value is -0.860. The minimum atomic E-state index is -1.32. The Morgan fingerprint density at radius 3 is 2.47 bits per heavy atom. The zero-order chi connectivity index (χ0) is 11.8. The van der Waals surface area contributed by atoms with Gasteiger partial charge in [0.05, 0.1) is 6.61 Å². The van der Waals surface area contributed by atoms with Crippen molar-refractivity contribution < 1.29 is 19.1 Å². The van der Waals surface area contributed by atoms with Gasteiger partial charge in [0.25, 0.3) is 5.91 Å². The van der Waals surface area contributed by atoms with Gasteiger partial charge in [-0.1, -0.05) is 12.2 Å². The molecule has 0 aromatic carbocycles. The Balaban J connectivity index is 4.21. The Kier molecular flexibility index (Phi) is 7.01. The summed E-state index contributed by atoms with van der Waals surface area (Å²) >= 11 is 8.25. The molecule has 0 saturated heterocycles. The molecule has 0 aromatic rings. The van der Waals surface area contributed by atoms with E-state index in [-0.39, 0.29) is 10.9 Å². The van der Waals surface area contributed by atoms with Crippen LogP contribution in [0.25, 0.3) is 0 Å². The van der Waals surface area contributed by atoms with Crippen LogP contribution in [-0.2, 0) is 19.1 Å². The molecule has 1 atom stereocenters. The van der Waals surface area contributed by atoms with Gasteiger partial charge in [0.2, 0.25) is 6.10 Å². The Labute approximate surface area is 98.1 Å². The SMILES string of the molecule is CCOC(=O)C(OC)C(=O)NNC(=S)S. The van der Waals surface area contributed by atoms with E-state index in [9.17, 15) is 9.59 Å². The van der Waals surface area contributed by atoms with E-state index in [4.69, 9.17) is 0 Å². The predicted molar refractivity (Wildman–Crippen MR) is 60.3 cm³/mol. The lowest BCUT2D eigenvalue weighted by Gasteiger charge is -2.13. The second-order valence-electron chi connectivity index (χ2n) is 2.29.